The lowest BCUT2D eigenvalue weighted by atomic mass is 10.1. The number of anilines is 1. The number of piperazine rings is 1. The molecule has 0 unspecified atom stereocenters. The summed E-state index contributed by atoms with van der Waals surface area (Å²) < 4.78 is 1.20. The third-order valence-corrected chi connectivity index (χ3v) is 7.14. The number of halogens is 3. The van der Waals surface area contributed by atoms with Gasteiger partial charge in [0.15, 0.2) is 5.13 Å². The Kier molecular flexibility index (Phi) is 5.70. The van der Waals surface area contributed by atoms with E-state index >= 15 is 0 Å². The minimum absolute atomic E-state index is 0.186. The summed E-state index contributed by atoms with van der Waals surface area (Å²) in [4.78, 5) is 21.7. The molecule has 1 saturated heterocycles. The van der Waals surface area contributed by atoms with Crippen LogP contribution in [-0.4, -0.2) is 42.0 Å². The smallest absolute Gasteiger partial charge is 0.257 e. The Morgan fingerprint density at radius 1 is 1.07 bits per heavy atom. The summed E-state index contributed by atoms with van der Waals surface area (Å²) in [5, 5.41) is 1.85. The molecule has 1 aliphatic rings. The van der Waals surface area contributed by atoms with Crippen LogP contribution in [0.2, 0.25) is 15.1 Å². The van der Waals surface area contributed by atoms with E-state index in [1.165, 1.54) is 10.3 Å². The largest absolute Gasteiger partial charge is 0.345 e. The molecule has 1 aromatic heterocycles. The zero-order valence-corrected chi connectivity index (χ0v) is 18.3. The molecule has 0 atom stereocenters. The topological polar surface area (TPSA) is 36.4 Å². The minimum atomic E-state index is -0.186. The number of nitrogens with zero attached hydrogens (tertiary/aromatic N) is 3. The van der Waals surface area contributed by atoms with Gasteiger partial charge < -0.3 is 9.80 Å². The summed E-state index contributed by atoms with van der Waals surface area (Å²) in [5.74, 6) is -0.186. The third kappa shape index (κ3) is 3.69. The van der Waals surface area contributed by atoms with Crippen molar-refractivity contribution >= 4 is 67.4 Å². The van der Waals surface area contributed by atoms with Crippen LogP contribution in [-0.2, 0) is 6.42 Å². The number of aryl methyl sites for hydroxylation is 1. The lowest BCUT2D eigenvalue weighted by Gasteiger charge is -2.34. The number of hydrogen-bond donors (Lipinski definition) is 0. The Morgan fingerprint density at radius 3 is 2.50 bits per heavy atom. The van der Waals surface area contributed by atoms with Gasteiger partial charge in [-0.3, -0.25) is 4.79 Å². The van der Waals surface area contributed by atoms with E-state index in [1.54, 1.807) is 28.4 Å². The molecule has 4 nitrogen and oxygen atoms in total. The van der Waals surface area contributed by atoms with Gasteiger partial charge in [-0.15, -0.1) is 0 Å². The molecule has 1 aliphatic heterocycles. The van der Waals surface area contributed by atoms with E-state index in [0.717, 1.165) is 17.1 Å². The molecule has 0 bridgehead atoms. The van der Waals surface area contributed by atoms with E-state index in [0.29, 0.717) is 36.2 Å². The number of carbonyl (C=O) groups is 1. The summed E-state index contributed by atoms with van der Waals surface area (Å²) in [5.41, 5.74) is 2.61. The number of hydrogen-bond acceptors (Lipinski definition) is 4. The highest BCUT2D eigenvalue weighted by molar-refractivity contribution is 7.22. The van der Waals surface area contributed by atoms with Crippen molar-refractivity contribution in [2.45, 2.75) is 13.3 Å². The predicted molar refractivity (Wildman–Crippen MR) is 119 cm³/mol. The van der Waals surface area contributed by atoms with Gasteiger partial charge in [0.05, 0.1) is 30.8 Å². The maximum absolute atomic E-state index is 12.9. The molecular formula is C20H18Cl3N3OS. The molecule has 0 N–H and O–H groups in total. The van der Waals surface area contributed by atoms with E-state index < -0.39 is 0 Å². The number of thiazole rings is 1. The molecule has 1 fully saturated rings. The van der Waals surface area contributed by atoms with E-state index in [1.807, 2.05) is 0 Å². The molecule has 0 aliphatic carbocycles. The first-order valence-electron chi connectivity index (χ1n) is 9.05. The first-order chi connectivity index (χ1) is 13.5. The number of amides is 1. The summed E-state index contributed by atoms with van der Waals surface area (Å²) in [6, 6.07) is 9.61. The average Bonchev–Trinajstić information content (AvgIpc) is 3.14. The molecule has 4 rings (SSSR count). The van der Waals surface area contributed by atoms with Crippen molar-refractivity contribution in [1.82, 2.24) is 9.88 Å². The van der Waals surface area contributed by atoms with Crippen molar-refractivity contribution in [3.63, 3.8) is 0 Å². The van der Waals surface area contributed by atoms with Crippen LogP contribution in [0, 0.1) is 0 Å². The van der Waals surface area contributed by atoms with E-state index in [9.17, 15) is 4.79 Å². The van der Waals surface area contributed by atoms with Gasteiger partial charge in [-0.1, -0.05) is 59.1 Å². The van der Waals surface area contributed by atoms with Crippen LogP contribution in [0.3, 0.4) is 0 Å². The highest BCUT2D eigenvalue weighted by Crippen LogP contribution is 2.33. The van der Waals surface area contributed by atoms with Crippen LogP contribution in [0.25, 0.3) is 10.2 Å². The van der Waals surface area contributed by atoms with Crippen molar-refractivity contribution in [3.05, 3.63) is 56.5 Å². The van der Waals surface area contributed by atoms with E-state index in [2.05, 4.69) is 30.0 Å². The van der Waals surface area contributed by atoms with Crippen LogP contribution in [0.4, 0.5) is 5.13 Å². The predicted octanol–water partition coefficient (Wildman–Crippen LogP) is 5.78. The fraction of sp³-hybridized carbons (Fsp3) is 0.300. The standard InChI is InChI=1S/C20H18Cl3N3OS/c1-2-12-3-6-15-16(11-12)28-20(24-15)26-9-7-25(8-10-26)19(27)17-13(21)4-5-14(22)18(17)23/h3-6,11H,2,7-10H2,1H3. The molecule has 28 heavy (non-hydrogen) atoms. The summed E-state index contributed by atoms with van der Waals surface area (Å²) in [6.45, 7) is 4.73. The number of aromatic nitrogens is 1. The highest BCUT2D eigenvalue weighted by Gasteiger charge is 2.27. The van der Waals surface area contributed by atoms with Crippen LogP contribution in [0.15, 0.2) is 30.3 Å². The molecule has 2 aromatic carbocycles. The zero-order valence-electron chi connectivity index (χ0n) is 15.2. The third-order valence-electron chi connectivity index (χ3n) is 4.95. The minimum Gasteiger partial charge on any atom is -0.345 e. The lowest BCUT2D eigenvalue weighted by molar-refractivity contribution is 0.0747. The quantitative estimate of drug-likeness (QED) is 0.471. The van der Waals surface area contributed by atoms with Crippen molar-refractivity contribution in [2.24, 2.45) is 0 Å². The van der Waals surface area contributed by atoms with Crippen LogP contribution in [0.5, 0.6) is 0 Å². The van der Waals surface area contributed by atoms with E-state index in [4.69, 9.17) is 39.8 Å². The highest BCUT2D eigenvalue weighted by atomic mass is 35.5. The molecule has 3 aromatic rings. The number of carbonyl (C=O) groups excluding carboxylic acids is 1. The van der Waals surface area contributed by atoms with Gasteiger partial charge in [0, 0.05) is 26.2 Å². The lowest BCUT2D eigenvalue weighted by Crippen LogP contribution is -2.48. The molecule has 146 valence electrons. The molecule has 2 heterocycles. The van der Waals surface area contributed by atoms with Gasteiger partial charge in [0.1, 0.15) is 0 Å². The molecule has 8 heteroatoms. The van der Waals surface area contributed by atoms with Crippen LogP contribution < -0.4 is 4.90 Å². The maximum Gasteiger partial charge on any atom is 0.257 e. The Labute approximate surface area is 182 Å². The Hall–Kier alpha value is -1.53. The fourth-order valence-electron chi connectivity index (χ4n) is 3.29. The zero-order chi connectivity index (χ0) is 19.8. The van der Waals surface area contributed by atoms with E-state index in [-0.39, 0.29) is 16.5 Å². The van der Waals surface area contributed by atoms with Gasteiger partial charge >= 0.3 is 0 Å². The summed E-state index contributed by atoms with van der Waals surface area (Å²) in [7, 11) is 0. The maximum atomic E-state index is 12.9. The number of rotatable bonds is 3. The molecular weight excluding hydrogens is 437 g/mol. The van der Waals surface area contributed by atoms with Gasteiger partial charge in [-0.25, -0.2) is 4.98 Å². The second-order valence-electron chi connectivity index (χ2n) is 6.65. The second kappa shape index (κ2) is 8.07. The first kappa shape index (κ1) is 19.8. The molecule has 0 saturated carbocycles. The fourth-order valence-corrected chi connectivity index (χ4v) is 5.06. The SMILES string of the molecule is CCc1ccc2nc(N3CCN(C(=O)c4c(Cl)ccc(Cl)c4Cl)CC3)sc2c1. The summed E-state index contributed by atoms with van der Waals surface area (Å²) in [6.07, 6.45) is 1.01. The van der Waals surface area contributed by atoms with Gasteiger partial charge in [-0.2, -0.15) is 0 Å². The first-order valence-corrected chi connectivity index (χ1v) is 11.0. The molecule has 1 amide bonds. The van der Waals surface area contributed by atoms with Crippen LogP contribution >= 0.6 is 46.1 Å². The van der Waals surface area contributed by atoms with Crippen molar-refractivity contribution in [1.29, 1.82) is 0 Å². The Balaban J connectivity index is 1.49. The van der Waals surface area contributed by atoms with Gasteiger partial charge in [0.2, 0.25) is 0 Å². The second-order valence-corrected chi connectivity index (χ2v) is 8.85. The van der Waals surface area contributed by atoms with Crippen LogP contribution in [0.1, 0.15) is 22.8 Å². The average molecular weight is 455 g/mol. The van der Waals surface area contributed by atoms with Gasteiger partial charge in [0.25, 0.3) is 5.91 Å². The summed E-state index contributed by atoms with van der Waals surface area (Å²) >= 11 is 20.2. The van der Waals surface area contributed by atoms with Crippen molar-refractivity contribution < 1.29 is 4.79 Å². The molecule has 0 spiro atoms. The monoisotopic (exact) mass is 453 g/mol. The number of fused-ring (bicyclic) bond motifs is 1. The Morgan fingerprint density at radius 2 is 1.79 bits per heavy atom. The van der Waals surface area contributed by atoms with Crippen molar-refractivity contribution in [3.8, 4) is 0 Å². The Bertz CT molecular complexity index is 1040. The van der Waals surface area contributed by atoms with Gasteiger partial charge in [-0.05, 0) is 36.2 Å². The molecule has 0 radical (unpaired) electrons. The number of benzene rings is 2. The normalized spacial score (nSPS) is 14.7. The van der Waals surface area contributed by atoms with Crippen molar-refractivity contribution in [2.75, 3.05) is 31.1 Å².